The van der Waals surface area contributed by atoms with Crippen molar-refractivity contribution in [3.8, 4) is 0 Å². The lowest BCUT2D eigenvalue weighted by atomic mass is 9.90. The van der Waals surface area contributed by atoms with Crippen LogP contribution in [0.5, 0.6) is 0 Å². The SMILES string of the molecule is Cc1nc(N[C@H](C)c2cccc(C(F)(F)C(C)(C)O)c2F)c2cc(C3CCN(C(C)C)CC3)n(C)c(=O)c2n1. The van der Waals surface area contributed by atoms with Crippen LogP contribution in [0.1, 0.15) is 82.1 Å². The Morgan fingerprint density at radius 1 is 1.13 bits per heavy atom. The zero-order valence-corrected chi connectivity index (χ0v) is 23.6. The molecule has 0 aliphatic carbocycles. The number of alkyl halides is 2. The molecule has 3 aromatic rings. The Kier molecular flexibility index (Phi) is 7.84. The molecular formula is C29H38F3N5O2. The van der Waals surface area contributed by atoms with Crippen molar-refractivity contribution < 1.29 is 18.3 Å². The number of fused-ring (bicyclic) bond motifs is 1. The van der Waals surface area contributed by atoms with Crippen LogP contribution in [0.15, 0.2) is 29.1 Å². The van der Waals surface area contributed by atoms with Gasteiger partial charge < -0.3 is 19.9 Å². The first-order valence-corrected chi connectivity index (χ1v) is 13.4. The maximum Gasteiger partial charge on any atom is 0.303 e. The molecule has 39 heavy (non-hydrogen) atoms. The molecule has 7 nitrogen and oxygen atoms in total. The summed E-state index contributed by atoms with van der Waals surface area (Å²) < 4.78 is 46.8. The maximum atomic E-state index is 15.4. The first-order valence-electron chi connectivity index (χ1n) is 13.4. The smallest absolute Gasteiger partial charge is 0.303 e. The van der Waals surface area contributed by atoms with Gasteiger partial charge in [-0.3, -0.25) is 4.79 Å². The molecule has 0 saturated carbocycles. The number of anilines is 1. The van der Waals surface area contributed by atoms with Gasteiger partial charge in [-0.1, -0.05) is 12.1 Å². The van der Waals surface area contributed by atoms with Crippen molar-refractivity contribution in [3.63, 3.8) is 0 Å². The summed E-state index contributed by atoms with van der Waals surface area (Å²) in [4.78, 5) is 24.7. The summed E-state index contributed by atoms with van der Waals surface area (Å²) in [7, 11) is 1.75. The van der Waals surface area contributed by atoms with Crippen LogP contribution < -0.4 is 10.9 Å². The quantitative estimate of drug-likeness (QED) is 0.414. The number of hydrogen-bond acceptors (Lipinski definition) is 6. The highest BCUT2D eigenvalue weighted by Gasteiger charge is 2.49. The average molecular weight is 546 g/mol. The van der Waals surface area contributed by atoms with E-state index in [0.717, 1.165) is 51.5 Å². The van der Waals surface area contributed by atoms with Gasteiger partial charge in [-0.25, -0.2) is 14.4 Å². The van der Waals surface area contributed by atoms with Gasteiger partial charge in [0.15, 0.2) is 0 Å². The van der Waals surface area contributed by atoms with Crippen LogP contribution in [0.25, 0.3) is 10.9 Å². The maximum absolute atomic E-state index is 15.4. The van der Waals surface area contributed by atoms with Gasteiger partial charge in [0.25, 0.3) is 5.56 Å². The Hall–Kier alpha value is -2.98. The minimum absolute atomic E-state index is 0.00838. The fourth-order valence-electron chi connectivity index (χ4n) is 5.35. The molecule has 1 atom stereocenters. The van der Waals surface area contributed by atoms with Crippen LogP contribution in [0.3, 0.4) is 0 Å². The number of halogens is 3. The summed E-state index contributed by atoms with van der Waals surface area (Å²) in [5.41, 5.74) is -2.46. The molecule has 1 saturated heterocycles. The number of piperidine rings is 1. The summed E-state index contributed by atoms with van der Waals surface area (Å²) in [6, 6.07) is 5.35. The number of nitrogens with one attached hydrogen (secondary N) is 1. The monoisotopic (exact) mass is 545 g/mol. The van der Waals surface area contributed by atoms with Gasteiger partial charge in [0, 0.05) is 30.3 Å². The average Bonchev–Trinajstić information content (AvgIpc) is 2.85. The van der Waals surface area contributed by atoms with Crippen LogP contribution in [-0.2, 0) is 13.0 Å². The van der Waals surface area contributed by atoms with Crippen LogP contribution in [0.2, 0.25) is 0 Å². The lowest BCUT2D eigenvalue weighted by Gasteiger charge is -2.35. The van der Waals surface area contributed by atoms with E-state index in [9.17, 15) is 18.7 Å². The zero-order valence-electron chi connectivity index (χ0n) is 23.6. The van der Waals surface area contributed by atoms with E-state index < -0.39 is 28.9 Å². The highest BCUT2D eigenvalue weighted by atomic mass is 19.3. The van der Waals surface area contributed by atoms with Gasteiger partial charge in [0.05, 0.1) is 17.0 Å². The second-order valence-corrected chi connectivity index (χ2v) is 11.4. The summed E-state index contributed by atoms with van der Waals surface area (Å²) in [5, 5.41) is 13.6. The molecule has 0 spiro atoms. The summed E-state index contributed by atoms with van der Waals surface area (Å²) >= 11 is 0. The van der Waals surface area contributed by atoms with Crippen LogP contribution in [-0.4, -0.2) is 49.3 Å². The number of pyridine rings is 1. The first kappa shape index (κ1) is 29.0. The van der Waals surface area contributed by atoms with Gasteiger partial charge in [0.1, 0.15) is 28.6 Å². The predicted molar refractivity (Wildman–Crippen MR) is 147 cm³/mol. The molecule has 0 radical (unpaired) electrons. The number of aliphatic hydroxyl groups is 1. The summed E-state index contributed by atoms with van der Waals surface area (Å²) in [6.45, 7) is 11.4. The molecule has 4 rings (SSSR count). The second kappa shape index (κ2) is 10.5. The van der Waals surface area contributed by atoms with Gasteiger partial charge in [-0.05, 0) is 79.6 Å². The Balaban J connectivity index is 1.74. The number of nitrogens with zero attached hydrogens (tertiary/aromatic N) is 4. The second-order valence-electron chi connectivity index (χ2n) is 11.4. The molecule has 10 heteroatoms. The van der Waals surface area contributed by atoms with Gasteiger partial charge >= 0.3 is 5.92 Å². The topological polar surface area (TPSA) is 83.3 Å². The van der Waals surface area contributed by atoms with Crippen molar-refractivity contribution >= 4 is 16.7 Å². The van der Waals surface area contributed by atoms with Crippen molar-refractivity contribution in [3.05, 3.63) is 63.1 Å². The van der Waals surface area contributed by atoms with Gasteiger partial charge in [0.2, 0.25) is 0 Å². The standard InChI is InChI=1S/C29H38F3N5O2/c1-16(2)37-13-11-19(12-14-37)23-15-21-25(27(38)36(23)7)34-18(4)35-26(21)33-17(3)20-9-8-10-22(24(20)30)29(31,32)28(5,6)39/h8-10,15-17,19,39H,11-14H2,1-7H3,(H,33,34,35)/t17-/m1/s1. The Morgan fingerprint density at radius 3 is 2.36 bits per heavy atom. The van der Waals surface area contributed by atoms with Crippen LogP contribution >= 0.6 is 0 Å². The number of benzene rings is 1. The Morgan fingerprint density at radius 2 is 1.77 bits per heavy atom. The van der Waals surface area contributed by atoms with Crippen molar-refractivity contribution in [2.45, 2.75) is 83.9 Å². The molecule has 0 amide bonds. The third-order valence-electron chi connectivity index (χ3n) is 7.88. The van der Waals surface area contributed by atoms with E-state index in [0.29, 0.717) is 23.1 Å². The largest absolute Gasteiger partial charge is 0.384 e. The molecule has 1 aromatic carbocycles. The highest BCUT2D eigenvalue weighted by Crippen LogP contribution is 2.41. The summed E-state index contributed by atoms with van der Waals surface area (Å²) in [6.07, 6.45) is 1.83. The van der Waals surface area contributed by atoms with E-state index in [-0.39, 0.29) is 22.6 Å². The molecule has 212 valence electrons. The predicted octanol–water partition coefficient (Wildman–Crippen LogP) is 5.40. The van der Waals surface area contributed by atoms with E-state index in [2.05, 4.69) is 34.0 Å². The third kappa shape index (κ3) is 5.41. The number of aryl methyl sites for hydroxylation is 1. The van der Waals surface area contributed by atoms with E-state index in [1.807, 2.05) is 6.07 Å². The van der Waals surface area contributed by atoms with E-state index >= 15 is 4.39 Å². The highest BCUT2D eigenvalue weighted by molar-refractivity contribution is 5.89. The van der Waals surface area contributed by atoms with E-state index in [1.165, 1.54) is 12.1 Å². The first-order chi connectivity index (χ1) is 18.1. The summed E-state index contributed by atoms with van der Waals surface area (Å²) in [5.74, 6) is -4.03. The lowest BCUT2D eigenvalue weighted by molar-refractivity contribution is -0.170. The molecule has 0 bridgehead atoms. The molecule has 1 aliphatic rings. The van der Waals surface area contributed by atoms with Crippen molar-refractivity contribution in [1.82, 2.24) is 19.4 Å². The minimum atomic E-state index is -3.81. The normalized spacial score (nSPS) is 16.7. The molecule has 3 heterocycles. The molecule has 1 fully saturated rings. The van der Waals surface area contributed by atoms with Crippen molar-refractivity contribution in [2.24, 2.45) is 7.05 Å². The molecule has 2 N–H and O–H groups in total. The van der Waals surface area contributed by atoms with Crippen molar-refractivity contribution in [1.29, 1.82) is 0 Å². The fraction of sp³-hybridized carbons (Fsp3) is 0.552. The Bertz CT molecular complexity index is 1420. The van der Waals surface area contributed by atoms with Gasteiger partial charge in [-0.2, -0.15) is 8.78 Å². The number of aromatic nitrogens is 3. The molecular weight excluding hydrogens is 507 g/mol. The van der Waals surface area contributed by atoms with E-state index in [1.54, 1.807) is 25.5 Å². The fourth-order valence-corrected chi connectivity index (χ4v) is 5.35. The molecule has 2 aromatic heterocycles. The molecule has 1 aliphatic heterocycles. The number of rotatable bonds is 7. The van der Waals surface area contributed by atoms with Crippen LogP contribution in [0, 0.1) is 12.7 Å². The third-order valence-corrected chi connectivity index (χ3v) is 7.88. The van der Waals surface area contributed by atoms with Crippen LogP contribution in [0.4, 0.5) is 19.0 Å². The molecule has 0 unspecified atom stereocenters. The van der Waals surface area contributed by atoms with Crippen molar-refractivity contribution in [2.75, 3.05) is 18.4 Å². The number of likely N-dealkylation sites (tertiary alicyclic amines) is 1. The Labute approximate surface area is 227 Å². The number of hydrogen-bond donors (Lipinski definition) is 2. The zero-order chi connectivity index (χ0) is 28.9. The van der Waals surface area contributed by atoms with Gasteiger partial charge in [-0.15, -0.1) is 0 Å². The van der Waals surface area contributed by atoms with E-state index in [4.69, 9.17) is 0 Å². The lowest BCUT2D eigenvalue weighted by Crippen LogP contribution is -2.41. The minimum Gasteiger partial charge on any atom is -0.384 e.